The molecule has 0 spiro atoms. The number of non-ortho nitro benzene ring substituents is 1. The van der Waals surface area contributed by atoms with Gasteiger partial charge in [-0.3, -0.25) is 14.9 Å². The lowest BCUT2D eigenvalue weighted by atomic mass is 9.99. The molecule has 0 aliphatic carbocycles. The molecule has 4 aromatic rings. The summed E-state index contributed by atoms with van der Waals surface area (Å²) in [5.41, 5.74) is 4.58. The summed E-state index contributed by atoms with van der Waals surface area (Å²) in [4.78, 5) is 30.4. The van der Waals surface area contributed by atoms with Crippen molar-refractivity contribution in [2.45, 2.75) is 6.54 Å². The minimum Gasteiger partial charge on any atom is -0.355 e. The summed E-state index contributed by atoms with van der Waals surface area (Å²) >= 11 is 0. The molecule has 178 valence electrons. The number of hydrogen-bond acceptors (Lipinski definition) is 6. The van der Waals surface area contributed by atoms with Gasteiger partial charge in [-0.25, -0.2) is 4.98 Å². The summed E-state index contributed by atoms with van der Waals surface area (Å²) in [5.74, 6) is 0.571. The van der Waals surface area contributed by atoms with E-state index in [-0.39, 0.29) is 11.6 Å². The Bertz CT molecular complexity index is 1450. The normalized spacial score (nSPS) is 13.5. The molecule has 1 amide bonds. The number of carbonyl (C=O) groups excluding carboxylic acids is 1. The fourth-order valence-electron chi connectivity index (χ4n) is 4.17. The number of amides is 1. The summed E-state index contributed by atoms with van der Waals surface area (Å²) in [6.45, 7) is 0.684. The van der Waals surface area contributed by atoms with Crippen molar-refractivity contribution < 1.29 is 9.72 Å². The molecule has 5 rings (SSSR count). The van der Waals surface area contributed by atoms with Crippen LogP contribution in [-0.4, -0.2) is 22.9 Å². The fraction of sp³-hybridized carbons (Fsp3) is 0.0714. The van der Waals surface area contributed by atoms with Crippen LogP contribution in [0.3, 0.4) is 0 Å². The van der Waals surface area contributed by atoms with Crippen LogP contribution in [0.25, 0.3) is 11.3 Å². The number of nitrogens with zero attached hydrogens (tertiary/aromatic N) is 3. The van der Waals surface area contributed by atoms with Crippen molar-refractivity contribution in [1.29, 1.82) is 0 Å². The highest BCUT2D eigenvalue weighted by atomic mass is 16.6. The van der Waals surface area contributed by atoms with Gasteiger partial charge in [0.2, 0.25) is 0 Å². The van der Waals surface area contributed by atoms with Crippen molar-refractivity contribution in [3.8, 4) is 0 Å². The molecule has 1 aromatic heterocycles. The standard InChI is InChI=1S/C28H23N5O3/c1-32(25-9-5-6-16-29-25)18-19-10-12-21(13-11-19)30-27(20-7-3-2-4-8-20)26-23-17-22(33(35)36)14-15-24(23)31-28(26)34/h2-17,30H,18H2,1H3,(H,31,34). The van der Waals surface area contributed by atoms with Gasteiger partial charge in [0, 0.05) is 48.9 Å². The number of nitro benzene ring substituents is 1. The Morgan fingerprint density at radius 2 is 1.75 bits per heavy atom. The van der Waals surface area contributed by atoms with Crippen LogP contribution < -0.4 is 15.5 Å². The molecule has 0 atom stereocenters. The van der Waals surface area contributed by atoms with Gasteiger partial charge in [0.15, 0.2) is 0 Å². The third-order valence-corrected chi connectivity index (χ3v) is 5.95. The highest BCUT2D eigenvalue weighted by Gasteiger charge is 2.30. The van der Waals surface area contributed by atoms with Crippen molar-refractivity contribution in [2.24, 2.45) is 0 Å². The van der Waals surface area contributed by atoms with Crippen LogP contribution in [0.15, 0.2) is 97.2 Å². The molecular weight excluding hydrogens is 454 g/mol. The molecule has 0 bridgehead atoms. The monoisotopic (exact) mass is 477 g/mol. The lowest BCUT2D eigenvalue weighted by molar-refractivity contribution is -0.384. The predicted molar refractivity (Wildman–Crippen MR) is 141 cm³/mol. The van der Waals surface area contributed by atoms with Gasteiger partial charge in [-0.15, -0.1) is 0 Å². The van der Waals surface area contributed by atoms with E-state index in [0.29, 0.717) is 29.1 Å². The molecule has 36 heavy (non-hydrogen) atoms. The average Bonchev–Trinajstić information content (AvgIpc) is 3.24. The fourth-order valence-corrected chi connectivity index (χ4v) is 4.17. The average molecular weight is 478 g/mol. The van der Waals surface area contributed by atoms with Gasteiger partial charge in [0.05, 0.1) is 16.2 Å². The van der Waals surface area contributed by atoms with Crippen molar-refractivity contribution >= 4 is 40.1 Å². The summed E-state index contributed by atoms with van der Waals surface area (Å²) in [6, 6.07) is 27.6. The smallest absolute Gasteiger partial charge is 0.270 e. The second-order valence-corrected chi connectivity index (χ2v) is 8.42. The zero-order valence-electron chi connectivity index (χ0n) is 19.5. The molecule has 1 aliphatic heterocycles. The molecule has 1 aliphatic rings. The molecular formula is C28H23N5O3. The minimum absolute atomic E-state index is 0.0726. The number of rotatable bonds is 7. The molecule has 2 heterocycles. The number of nitro groups is 1. The Balaban J connectivity index is 1.49. The number of carbonyl (C=O) groups is 1. The van der Waals surface area contributed by atoms with Crippen molar-refractivity contribution in [3.05, 3.63) is 124 Å². The predicted octanol–water partition coefficient (Wildman–Crippen LogP) is 5.56. The molecule has 0 saturated heterocycles. The number of pyridine rings is 1. The van der Waals surface area contributed by atoms with Gasteiger partial charge in [0.1, 0.15) is 5.82 Å². The first-order valence-corrected chi connectivity index (χ1v) is 11.4. The second kappa shape index (κ2) is 9.71. The van der Waals surface area contributed by atoms with Crippen molar-refractivity contribution in [1.82, 2.24) is 4.98 Å². The third-order valence-electron chi connectivity index (χ3n) is 5.95. The maximum Gasteiger partial charge on any atom is 0.270 e. The summed E-state index contributed by atoms with van der Waals surface area (Å²) in [6.07, 6.45) is 1.77. The number of aromatic nitrogens is 1. The number of hydrogen-bond donors (Lipinski definition) is 2. The summed E-state index contributed by atoms with van der Waals surface area (Å²) in [7, 11) is 1.99. The van der Waals surface area contributed by atoms with Crippen LogP contribution in [0.1, 0.15) is 16.7 Å². The van der Waals surface area contributed by atoms with Gasteiger partial charge in [-0.1, -0.05) is 48.5 Å². The highest BCUT2D eigenvalue weighted by molar-refractivity contribution is 6.37. The lowest BCUT2D eigenvalue weighted by Gasteiger charge is -2.19. The van der Waals surface area contributed by atoms with E-state index in [1.807, 2.05) is 79.8 Å². The molecule has 3 aromatic carbocycles. The van der Waals surface area contributed by atoms with E-state index in [2.05, 4.69) is 20.5 Å². The van der Waals surface area contributed by atoms with E-state index < -0.39 is 4.92 Å². The van der Waals surface area contributed by atoms with Gasteiger partial charge in [-0.2, -0.15) is 0 Å². The number of fused-ring (bicyclic) bond motifs is 1. The van der Waals surface area contributed by atoms with Gasteiger partial charge in [0.25, 0.3) is 11.6 Å². The van der Waals surface area contributed by atoms with Crippen LogP contribution in [-0.2, 0) is 11.3 Å². The summed E-state index contributed by atoms with van der Waals surface area (Å²) < 4.78 is 0. The number of nitrogens with one attached hydrogen (secondary N) is 2. The Morgan fingerprint density at radius 3 is 2.44 bits per heavy atom. The Hall–Kier alpha value is -4.98. The maximum absolute atomic E-state index is 13.0. The quantitative estimate of drug-likeness (QED) is 0.205. The summed E-state index contributed by atoms with van der Waals surface area (Å²) in [5, 5.41) is 17.6. The zero-order valence-corrected chi connectivity index (χ0v) is 19.5. The highest BCUT2D eigenvalue weighted by Crippen LogP contribution is 2.39. The first-order chi connectivity index (χ1) is 17.5. The van der Waals surface area contributed by atoms with Gasteiger partial charge < -0.3 is 15.5 Å². The Kier molecular flexibility index (Phi) is 6.15. The SMILES string of the molecule is CN(Cc1ccc(NC(=C2C(=O)Nc3ccc([N+](=O)[O-])cc32)c2ccccc2)cc1)c1ccccn1. The van der Waals surface area contributed by atoms with E-state index in [1.165, 1.54) is 12.1 Å². The van der Waals surface area contributed by atoms with E-state index in [9.17, 15) is 14.9 Å². The van der Waals surface area contributed by atoms with Crippen LogP contribution in [0.2, 0.25) is 0 Å². The second-order valence-electron chi connectivity index (χ2n) is 8.42. The Morgan fingerprint density at radius 1 is 1.00 bits per heavy atom. The van der Waals surface area contributed by atoms with E-state index in [1.54, 1.807) is 12.3 Å². The number of benzene rings is 3. The molecule has 0 saturated carbocycles. The maximum atomic E-state index is 13.0. The topological polar surface area (TPSA) is 100 Å². The third kappa shape index (κ3) is 4.65. The molecule has 8 heteroatoms. The van der Waals surface area contributed by atoms with Crippen molar-refractivity contribution in [2.75, 3.05) is 22.6 Å². The van der Waals surface area contributed by atoms with Crippen molar-refractivity contribution in [3.63, 3.8) is 0 Å². The number of anilines is 3. The zero-order chi connectivity index (χ0) is 25.1. The molecule has 8 nitrogen and oxygen atoms in total. The van der Waals surface area contributed by atoms with E-state index in [0.717, 1.165) is 22.6 Å². The molecule has 0 fully saturated rings. The first-order valence-electron chi connectivity index (χ1n) is 11.4. The van der Waals surface area contributed by atoms with E-state index >= 15 is 0 Å². The van der Waals surface area contributed by atoms with Gasteiger partial charge in [-0.05, 0) is 41.5 Å². The molecule has 0 radical (unpaired) electrons. The van der Waals surface area contributed by atoms with Gasteiger partial charge >= 0.3 is 0 Å². The van der Waals surface area contributed by atoms with Crippen LogP contribution in [0, 0.1) is 10.1 Å². The molecule has 0 unspecified atom stereocenters. The Labute approximate surface area is 208 Å². The van der Waals surface area contributed by atoms with Crippen LogP contribution in [0.4, 0.5) is 22.9 Å². The van der Waals surface area contributed by atoms with Crippen LogP contribution in [0.5, 0.6) is 0 Å². The molecule has 2 N–H and O–H groups in total. The first kappa shape index (κ1) is 22.8. The van der Waals surface area contributed by atoms with Crippen LogP contribution >= 0.6 is 0 Å². The lowest BCUT2D eigenvalue weighted by Crippen LogP contribution is -2.17. The van der Waals surface area contributed by atoms with E-state index in [4.69, 9.17) is 0 Å². The minimum atomic E-state index is -0.461. The largest absolute Gasteiger partial charge is 0.355 e.